The minimum Gasteiger partial charge on any atom is -0.399 e. The van der Waals surface area contributed by atoms with Gasteiger partial charge in [0, 0.05) is 22.0 Å². The van der Waals surface area contributed by atoms with Crippen molar-refractivity contribution in [2.75, 3.05) is 5.73 Å². The summed E-state index contributed by atoms with van der Waals surface area (Å²) in [7, 11) is 0. The number of anilines is 1. The molecule has 0 unspecified atom stereocenters. The number of hydrogen-bond donors (Lipinski definition) is 2. The van der Waals surface area contributed by atoms with Gasteiger partial charge in [0.15, 0.2) is 0 Å². The molecule has 2 aromatic carbocycles. The Morgan fingerprint density at radius 3 is 2.79 bits per heavy atom. The van der Waals surface area contributed by atoms with Gasteiger partial charge in [0.2, 0.25) is 0 Å². The molecule has 3 nitrogen and oxygen atoms in total. The molecule has 0 bridgehead atoms. The normalized spacial score (nSPS) is 11.6. The summed E-state index contributed by atoms with van der Waals surface area (Å²) in [4.78, 5) is 8.13. The number of nitrogen functional groups attached to an aromatic ring is 1. The molecule has 19 heavy (non-hydrogen) atoms. The van der Waals surface area contributed by atoms with Crippen LogP contribution in [0.5, 0.6) is 0 Å². The third-order valence-electron chi connectivity index (χ3n) is 3.39. The fourth-order valence-corrected chi connectivity index (χ4v) is 3.12. The Kier molecular flexibility index (Phi) is 2.11. The number of halogens is 1. The van der Waals surface area contributed by atoms with Crippen molar-refractivity contribution in [3.05, 3.63) is 46.9 Å². The summed E-state index contributed by atoms with van der Waals surface area (Å²) >= 11 is 3.67. The van der Waals surface area contributed by atoms with Crippen molar-refractivity contribution in [1.29, 1.82) is 0 Å². The van der Waals surface area contributed by atoms with Crippen LogP contribution in [0.4, 0.5) is 5.69 Å². The second-order valence-corrected chi connectivity index (χ2v) is 5.39. The van der Waals surface area contributed by atoms with E-state index in [1.165, 1.54) is 0 Å². The summed E-state index contributed by atoms with van der Waals surface area (Å²) < 4.78 is 1.02. The second-order valence-electron chi connectivity index (χ2n) is 4.60. The Morgan fingerprint density at radius 1 is 1.05 bits per heavy atom. The molecule has 2 heterocycles. The van der Waals surface area contributed by atoms with Crippen LogP contribution in [0.1, 0.15) is 0 Å². The maximum Gasteiger partial charge on any atom is 0.103 e. The summed E-state index contributed by atoms with van der Waals surface area (Å²) in [6, 6.07) is 14.0. The van der Waals surface area contributed by atoms with Crippen molar-refractivity contribution in [1.82, 2.24) is 9.97 Å². The molecule has 0 atom stereocenters. The van der Waals surface area contributed by atoms with E-state index in [0.29, 0.717) is 0 Å². The Hall–Kier alpha value is -2.07. The van der Waals surface area contributed by atoms with Crippen LogP contribution in [-0.2, 0) is 0 Å². The number of aromatic amines is 1. The lowest BCUT2D eigenvalue weighted by Crippen LogP contribution is -1.88. The van der Waals surface area contributed by atoms with Crippen LogP contribution in [0.3, 0.4) is 0 Å². The fourth-order valence-electron chi connectivity index (χ4n) is 2.49. The summed E-state index contributed by atoms with van der Waals surface area (Å²) in [5.41, 5.74) is 10.5. The molecule has 0 aromatic heterocycles. The van der Waals surface area contributed by atoms with Gasteiger partial charge in [-0.3, -0.25) is 0 Å². The van der Waals surface area contributed by atoms with Crippen LogP contribution in [0.25, 0.3) is 33.2 Å². The lowest BCUT2D eigenvalue weighted by atomic mass is 10.1. The smallest absolute Gasteiger partial charge is 0.103 e. The molecule has 0 saturated heterocycles. The maximum atomic E-state index is 5.82. The Morgan fingerprint density at radius 2 is 1.89 bits per heavy atom. The SMILES string of the molecule is Nc1ccc2c3[nH]c4ccccc4c(Br)c-3nc2c1. The molecule has 0 aliphatic carbocycles. The van der Waals surface area contributed by atoms with E-state index in [0.717, 1.165) is 43.4 Å². The molecule has 0 radical (unpaired) electrons. The topological polar surface area (TPSA) is 54.7 Å². The van der Waals surface area contributed by atoms with Gasteiger partial charge in [0.1, 0.15) is 5.69 Å². The number of aromatic nitrogens is 2. The first-order valence-electron chi connectivity index (χ1n) is 5.99. The molecule has 3 N–H and O–H groups in total. The highest BCUT2D eigenvalue weighted by atomic mass is 79.9. The molecule has 0 fully saturated rings. The second kappa shape index (κ2) is 3.71. The number of rotatable bonds is 0. The molecule has 0 saturated carbocycles. The van der Waals surface area contributed by atoms with E-state index in [9.17, 15) is 0 Å². The number of fused-ring (bicyclic) bond motifs is 4. The zero-order valence-corrected chi connectivity index (χ0v) is 11.5. The van der Waals surface area contributed by atoms with Gasteiger partial charge in [-0.1, -0.05) is 18.2 Å². The summed E-state index contributed by atoms with van der Waals surface area (Å²) in [6.07, 6.45) is 0. The number of nitrogens with zero attached hydrogens (tertiary/aromatic N) is 1. The van der Waals surface area contributed by atoms with Crippen LogP contribution in [0, 0.1) is 0 Å². The highest BCUT2D eigenvalue weighted by Crippen LogP contribution is 2.39. The van der Waals surface area contributed by atoms with Crippen LogP contribution in [0.15, 0.2) is 46.9 Å². The average Bonchev–Trinajstić information content (AvgIpc) is 2.77. The van der Waals surface area contributed by atoms with E-state index in [1.807, 2.05) is 30.3 Å². The third-order valence-corrected chi connectivity index (χ3v) is 4.19. The molecule has 2 aromatic rings. The third kappa shape index (κ3) is 1.47. The van der Waals surface area contributed by atoms with Crippen LogP contribution in [0.2, 0.25) is 0 Å². The molecular formula is C15H10BrN3. The van der Waals surface area contributed by atoms with E-state index in [2.05, 4.69) is 38.0 Å². The number of H-pyrrole nitrogens is 1. The van der Waals surface area contributed by atoms with Gasteiger partial charge in [0.05, 0.1) is 15.7 Å². The number of benzene rings is 2. The predicted octanol–water partition coefficient (Wildman–Crippen LogP) is 4.17. The van der Waals surface area contributed by atoms with Crippen molar-refractivity contribution in [2.45, 2.75) is 0 Å². The number of hydrogen-bond acceptors (Lipinski definition) is 2. The number of nitrogens with one attached hydrogen (secondary N) is 1. The number of pyridine rings is 1. The molecule has 4 rings (SSSR count). The standard InChI is InChI=1S/C15H10BrN3/c16-13-9-3-1-2-4-11(9)18-14-10-6-5-8(17)7-12(10)19-15(13)14/h1-7,18H,17H2. The molecule has 4 heteroatoms. The van der Waals surface area contributed by atoms with Crippen LogP contribution < -0.4 is 5.73 Å². The van der Waals surface area contributed by atoms with Crippen LogP contribution in [-0.4, -0.2) is 9.97 Å². The van der Waals surface area contributed by atoms with E-state index in [-0.39, 0.29) is 0 Å². The van der Waals surface area contributed by atoms with Gasteiger partial charge in [-0.25, -0.2) is 4.98 Å². The van der Waals surface area contributed by atoms with Crippen molar-refractivity contribution < 1.29 is 0 Å². The quantitative estimate of drug-likeness (QED) is 0.479. The average molecular weight is 312 g/mol. The Bertz CT molecular complexity index is 895. The van der Waals surface area contributed by atoms with Gasteiger partial charge in [-0.2, -0.15) is 0 Å². The van der Waals surface area contributed by atoms with Gasteiger partial charge in [-0.15, -0.1) is 0 Å². The largest absolute Gasteiger partial charge is 0.399 e. The molecule has 0 amide bonds. The number of nitrogens with two attached hydrogens (primary N) is 1. The Labute approximate surface area is 117 Å². The highest BCUT2D eigenvalue weighted by Gasteiger charge is 2.17. The minimum absolute atomic E-state index is 0.732. The van der Waals surface area contributed by atoms with Crippen molar-refractivity contribution in [3.63, 3.8) is 0 Å². The van der Waals surface area contributed by atoms with E-state index in [1.54, 1.807) is 0 Å². The first-order valence-corrected chi connectivity index (χ1v) is 6.78. The summed E-state index contributed by atoms with van der Waals surface area (Å²) in [5.74, 6) is 0. The van der Waals surface area contributed by atoms with E-state index >= 15 is 0 Å². The Balaban J connectivity index is 2.25. The first-order chi connectivity index (χ1) is 9.24. The van der Waals surface area contributed by atoms with Crippen molar-refractivity contribution >= 4 is 43.4 Å². The zero-order chi connectivity index (χ0) is 13.0. The summed E-state index contributed by atoms with van der Waals surface area (Å²) in [6.45, 7) is 0. The summed E-state index contributed by atoms with van der Waals surface area (Å²) in [5, 5.41) is 2.22. The fraction of sp³-hybridized carbons (Fsp3) is 0. The van der Waals surface area contributed by atoms with Gasteiger partial charge in [0.25, 0.3) is 0 Å². The van der Waals surface area contributed by atoms with Gasteiger partial charge >= 0.3 is 0 Å². The van der Waals surface area contributed by atoms with Gasteiger partial charge in [-0.05, 0) is 40.2 Å². The monoisotopic (exact) mass is 311 g/mol. The molecule has 2 aliphatic rings. The number of para-hydroxylation sites is 1. The van der Waals surface area contributed by atoms with Gasteiger partial charge < -0.3 is 10.7 Å². The van der Waals surface area contributed by atoms with Crippen molar-refractivity contribution in [2.24, 2.45) is 0 Å². The molecule has 2 aliphatic heterocycles. The first kappa shape index (κ1) is 10.8. The van der Waals surface area contributed by atoms with E-state index < -0.39 is 0 Å². The van der Waals surface area contributed by atoms with E-state index in [4.69, 9.17) is 5.73 Å². The molecular weight excluding hydrogens is 302 g/mol. The van der Waals surface area contributed by atoms with Crippen molar-refractivity contribution in [3.8, 4) is 11.4 Å². The molecule has 0 spiro atoms. The minimum atomic E-state index is 0.732. The maximum absolute atomic E-state index is 5.82. The lowest BCUT2D eigenvalue weighted by Gasteiger charge is -2.07. The molecule has 92 valence electrons. The highest BCUT2D eigenvalue weighted by molar-refractivity contribution is 9.10. The zero-order valence-electron chi connectivity index (χ0n) is 9.94. The predicted molar refractivity (Wildman–Crippen MR) is 82.3 cm³/mol. The van der Waals surface area contributed by atoms with Crippen LogP contribution >= 0.6 is 15.9 Å². The lowest BCUT2D eigenvalue weighted by molar-refractivity contribution is 1.36.